The van der Waals surface area contributed by atoms with Crippen LogP contribution in [-0.4, -0.2) is 58.3 Å². The van der Waals surface area contributed by atoms with Crippen molar-refractivity contribution in [3.8, 4) is 0 Å². The average Bonchev–Trinajstić information content (AvgIpc) is 3.11. The van der Waals surface area contributed by atoms with Crippen molar-refractivity contribution in [3.63, 3.8) is 0 Å². The zero-order valence-corrected chi connectivity index (χ0v) is 18.0. The number of aromatic nitrogens is 1. The predicted molar refractivity (Wildman–Crippen MR) is 116 cm³/mol. The van der Waals surface area contributed by atoms with Crippen LogP contribution in [0.15, 0.2) is 16.5 Å². The van der Waals surface area contributed by atoms with Gasteiger partial charge in [-0.1, -0.05) is 0 Å². The van der Waals surface area contributed by atoms with Crippen molar-refractivity contribution >= 4 is 34.6 Å². The number of fused-ring (bicyclic) bond motifs is 1. The molecule has 2 saturated heterocycles. The molecule has 1 unspecified atom stereocenters. The molecule has 0 aliphatic carbocycles. The number of nitrogens with two attached hydrogens (primary N) is 1. The van der Waals surface area contributed by atoms with Gasteiger partial charge in [0.05, 0.1) is 11.3 Å². The number of rotatable bonds is 3. The lowest BCUT2D eigenvalue weighted by molar-refractivity contribution is -0.140. The number of nitrogens with one attached hydrogen (secondary N) is 1. The van der Waals surface area contributed by atoms with E-state index in [0.717, 1.165) is 44.3 Å². The van der Waals surface area contributed by atoms with E-state index in [0.29, 0.717) is 18.5 Å². The molecule has 0 bridgehead atoms. The lowest BCUT2D eigenvalue weighted by Crippen LogP contribution is -2.51. The molecule has 2 aromatic rings. The molecule has 2 aliphatic rings. The molecule has 0 radical (unpaired) electrons. The molecular weight excluding hydrogens is 398 g/mol. The quantitative estimate of drug-likeness (QED) is 0.780. The fourth-order valence-electron chi connectivity index (χ4n) is 4.58. The van der Waals surface area contributed by atoms with Crippen LogP contribution in [0.4, 0.5) is 10.5 Å². The van der Waals surface area contributed by atoms with Gasteiger partial charge < -0.3 is 25.3 Å². The topological polar surface area (TPSA) is 122 Å². The van der Waals surface area contributed by atoms with Crippen LogP contribution < -0.4 is 11.1 Å². The summed E-state index contributed by atoms with van der Waals surface area (Å²) in [5, 5.41) is 3.29. The Morgan fingerprint density at radius 2 is 1.97 bits per heavy atom. The normalized spacial score (nSPS) is 21.9. The van der Waals surface area contributed by atoms with E-state index in [1.54, 1.807) is 24.0 Å². The molecule has 2 atom stereocenters. The van der Waals surface area contributed by atoms with E-state index in [9.17, 15) is 14.4 Å². The van der Waals surface area contributed by atoms with Crippen LogP contribution in [-0.2, 0) is 4.79 Å². The van der Waals surface area contributed by atoms with Crippen LogP contribution in [0.2, 0.25) is 0 Å². The van der Waals surface area contributed by atoms with Gasteiger partial charge in [0.1, 0.15) is 5.69 Å². The van der Waals surface area contributed by atoms with E-state index in [4.69, 9.17) is 10.2 Å². The van der Waals surface area contributed by atoms with Gasteiger partial charge in [0.2, 0.25) is 17.4 Å². The Hall–Kier alpha value is -3.10. The number of urea groups is 1. The Kier molecular flexibility index (Phi) is 5.84. The van der Waals surface area contributed by atoms with Crippen molar-refractivity contribution in [1.29, 1.82) is 0 Å². The van der Waals surface area contributed by atoms with Gasteiger partial charge in [-0.05, 0) is 58.1 Å². The van der Waals surface area contributed by atoms with Crippen molar-refractivity contribution in [2.45, 2.75) is 52.0 Å². The summed E-state index contributed by atoms with van der Waals surface area (Å²) in [6.45, 7) is 5.59. The number of anilines is 1. The number of furan rings is 1. The van der Waals surface area contributed by atoms with E-state index in [1.807, 2.05) is 4.90 Å². The lowest BCUT2D eigenvalue weighted by Gasteiger charge is -2.39. The third-order valence-corrected chi connectivity index (χ3v) is 6.29. The van der Waals surface area contributed by atoms with Gasteiger partial charge in [-0.2, -0.15) is 0 Å². The molecule has 4 heterocycles. The fourth-order valence-corrected chi connectivity index (χ4v) is 4.58. The van der Waals surface area contributed by atoms with E-state index in [-0.39, 0.29) is 41.1 Å². The maximum Gasteiger partial charge on any atom is 0.321 e. The standard InChI is InChI=1S/C22H29N5O4/c1-13-8-9-16-17(18(19(23)28)31-20(16)24-13)25-22(30)26-10-5-7-15(12-26)21(29)27-11-4-3-6-14(27)2/h8-9,14-15H,3-7,10-12H2,1-2H3,(H2,23,28)(H,25,30)/t14-,15?/m1/s1. The minimum Gasteiger partial charge on any atom is -0.430 e. The molecule has 0 saturated carbocycles. The zero-order chi connectivity index (χ0) is 22.1. The van der Waals surface area contributed by atoms with Crippen molar-refractivity contribution in [1.82, 2.24) is 14.8 Å². The minimum atomic E-state index is -0.781. The first kappa shape index (κ1) is 21.1. The van der Waals surface area contributed by atoms with Gasteiger partial charge in [-0.15, -0.1) is 0 Å². The number of hydrogen-bond donors (Lipinski definition) is 2. The number of aryl methyl sites for hydroxylation is 1. The Bertz CT molecular complexity index is 1020. The summed E-state index contributed by atoms with van der Waals surface area (Å²) < 4.78 is 5.50. The Balaban J connectivity index is 1.50. The highest BCUT2D eigenvalue weighted by Gasteiger charge is 2.34. The fraction of sp³-hybridized carbons (Fsp3) is 0.545. The molecule has 4 amide bonds. The molecule has 0 aromatic carbocycles. The Morgan fingerprint density at radius 3 is 2.71 bits per heavy atom. The first-order chi connectivity index (χ1) is 14.8. The third kappa shape index (κ3) is 4.22. The van der Waals surface area contributed by atoms with Gasteiger partial charge in [0, 0.05) is 31.4 Å². The molecule has 166 valence electrons. The van der Waals surface area contributed by atoms with Gasteiger partial charge in [0.25, 0.3) is 5.91 Å². The molecular formula is C22H29N5O4. The first-order valence-corrected chi connectivity index (χ1v) is 10.9. The summed E-state index contributed by atoms with van der Waals surface area (Å²) in [5.74, 6) is -0.984. The Morgan fingerprint density at radius 1 is 1.16 bits per heavy atom. The van der Waals surface area contributed by atoms with Crippen LogP contribution >= 0.6 is 0 Å². The molecule has 2 aliphatic heterocycles. The van der Waals surface area contributed by atoms with Crippen molar-refractivity contribution in [3.05, 3.63) is 23.6 Å². The number of nitrogens with zero attached hydrogens (tertiary/aromatic N) is 3. The van der Waals surface area contributed by atoms with Crippen molar-refractivity contribution in [2.24, 2.45) is 11.7 Å². The molecule has 31 heavy (non-hydrogen) atoms. The number of piperidine rings is 2. The molecule has 9 heteroatoms. The molecule has 3 N–H and O–H groups in total. The molecule has 9 nitrogen and oxygen atoms in total. The van der Waals surface area contributed by atoms with E-state index < -0.39 is 5.91 Å². The summed E-state index contributed by atoms with van der Waals surface area (Å²) >= 11 is 0. The summed E-state index contributed by atoms with van der Waals surface area (Å²) in [6.07, 6.45) is 4.74. The number of carbonyl (C=O) groups excluding carboxylic acids is 3. The van der Waals surface area contributed by atoms with Crippen molar-refractivity contribution in [2.75, 3.05) is 25.0 Å². The van der Waals surface area contributed by atoms with Crippen LogP contribution in [0, 0.1) is 12.8 Å². The monoisotopic (exact) mass is 427 g/mol. The maximum atomic E-state index is 13.1. The van der Waals surface area contributed by atoms with Crippen LogP contribution in [0.1, 0.15) is 55.3 Å². The molecule has 2 fully saturated rings. The lowest BCUT2D eigenvalue weighted by atomic mass is 9.94. The smallest absolute Gasteiger partial charge is 0.321 e. The summed E-state index contributed by atoms with van der Waals surface area (Å²) in [4.78, 5) is 45.8. The highest BCUT2D eigenvalue weighted by Crippen LogP contribution is 2.31. The third-order valence-electron chi connectivity index (χ3n) is 6.29. The van der Waals surface area contributed by atoms with Crippen LogP contribution in [0.25, 0.3) is 11.1 Å². The summed E-state index contributed by atoms with van der Waals surface area (Å²) in [6, 6.07) is 3.38. The number of pyridine rings is 1. The number of likely N-dealkylation sites (tertiary alicyclic amines) is 2. The molecule has 4 rings (SSSR count). The highest BCUT2D eigenvalue weighted by molar-refractivity contribution is 6.09. The highest BCUT2D eigenvalue weighted by atomic mass is 16.4. The summed E-state index contributed by atoms with van der Waals surface area (Å²) in [5.41, 5.74) is 6.64. The van der Waals surface area contributed by atoms with E-state index in [2.05, 4.69) is 17.2 Å². The Labute approximate surface area is 180 Å². The van der Waals surface area contributed by atoms with Gasteiger partial charge >= 0.3 is 6.03 Å². The second-order valence-corrected chi connectivity index (χ2v) is 8.57. The van der Waals surface area contributed by atoms with E-state index >= 15 is 0 Å². The number of amides is 4. The summed E-state index contributed by atoms with van der Waals surface area (Å²) in [7, 11) is 0. The number of primary amides is 1. The predicted octanol–water partition coefficient (Wildman–Crippen LogP) is 2.88. The second-order valence-electron chi connectivity index (χ2n) is 8.57. The van der Waals surface area contributed by atoms with Gasteiger partial charge in [-0.3, -0.25) is 9.59 Å². The molecule has 0 spiro atoms. The van der Waals surface area contributed by atoms with Crippen molar-refractivity contribution < 1.29 is 18.8 Å². The van der Waals surface area contributed by atoms with E-state index in [1.165, 1.54) is 0 Å². The van der Waals surface area contributed by atoms with Gasteiger partial charge in [0.15, 0.2) is 0 Å². The second kappa shape index (κ2) is 8.56. The number of carbonyl (C=O) groups is 3. The largest absolute Gasteiger partial charge is 0.430 e. The van der Waals surface area contributed by atoms with Crippen LogP contribution in [0.3, 0.4) is 0 Å². The first-order valence-electron chi connectivity index (χ1n) is 10.9. The van der Waals surface area contributed by atoms with Crippen LogP contribution in [0.5, 0.6) is 0 Å². The molecule has 2 aromatic heterocycles. The maximum absolute atomic E-state index is 13.1. The zero-order valence-electron chi connectivity index (χ0n) is 18.0. The SMILES string of the molecule is Cc1ccc2c(NC(=O)N3CCCC(C(=O)N4CCCC[C@H]4C)C3)c(C(N)=O)oc2n1. The minimum absolute atomic E-state index is 0.131. The number of hydrogen-bond acceptors (Lipinski definition) is 5. The van der Waals surface area contributed by atoms with Gasteiger partial charge in [-0.25, -0.2) is 9.78 Å². The average molecular weight is 428 g/mol.